The number of benzene rings is 1. The highest BCUT2D eigenvalue weighted by Crippen LogP contribution is 2.35. The molecular formula is C11H7ClF3NO3. The van der Waals surface area contributed by atoms with Gasteiger partial charge in [-0.15, -0.1) is 0 Å². The Labute approximate surface area is 110 Å². The van der Waals surface area contributed by atoms with E-state index >= 15 is 0 Å². The Morgan fingerprint density at radius 3 is 2.74 bits per heavy atom. The number of ketones is 1. The van der Waals surface area contributed by atoms with E-state index in [2.05, 4.69) is 5.32 Å². The molecule has 0 aliphatic carbocycles. The van der Waals surface area contributed by atoms with Gasteiger partial charge in [-0.25, -0.2) is 0 Å². The smallest absolute Gasteiger partial charge is 0.396 e. The van der Waals surface area contributed by atoms with Crippen LogP contribution in [-0.4, -0.2) is 24.5 Å². The number of nitrogens with one attached hydrogen (secondary N) is 1. The van der Waals surface area contributed by atoms with Gasteiger partial charge in [-0.3, -0.25) is 9.59 Å². The molecule has 4 nitrogen and oxygen atoms in total. The zero-order chi connectivity index (χ0) is 14.2. The predicted octanol–water partition coefficient (Wildman–Crippen LogP) is 2.81. The molecule has 1 N–H and O–H groups in total. The van der Waals surface area contributed by atoms with Gasteiger partial charge in [-0.1, -0.05) is 11.6 Å². The van der Waals surface area contributed by atoms with Crippen molar-refractivity contribution in [3.63, 3.8) is 0 Å². The molecule has 1 heterocycles. The molecule has 0 unspecified atom stereocenters. The second kappa shape index (κ2) is 4.73. The first-order valence-corrected chi connectivity index (χ1v) is 5.50. The van der Waals surface area contributed by atoms with Crippen LogP contribution in [0.1, 0.15) is 16.8 Å². The Balaban J connectivity index is 2.33. The van der Waals surface area contributed by atoms with E-state index < -0.39 is 24.3 Å². The van der Waals surface area contributed by atoms with Gasteiger partial charge < -0.3 is 10.1 Å². The number of carbonyl (C=O) groups excluding carboxylic acids is 2. The largest absolute Gasteiger partial charge is 0.482 e. The molecule has 0 saturated carbocycles. The van der Waals surface area contributed by atoms with Gasteiger partial charge in [0.25, 0.3) is 5.91 Å². The molecule has 0 fully saturated rings. The van der Waals surface area contributed by atoms with Crippen LogP contribution in [0.25, 0.3) is 0 Å². The number of anilines is 1. The molecule has 0 atom stereocenters. The van der Waals surface area contributed by atoms with E-state index in [-0.39, 0.29) is 28.6 Å². The highest BCUT2D eigenvalue weighted by atomic mass is 35.5. The summed E-state index contributed by atoms with van der Waals surface area (Å²) in [7, 11) is 0. The quantitative estimate of drug-likeness (QED) is 0.853. The van der Waals surface area contributed by atoms with E-state index in [1.807, 2.05) is 0 Å². The number of hydrogen-bond acceptors (Lipinski definition) is 3. The zero-order valence-electron chi connectivity index (χ0n) is 9.31. The third-order valence-corrected chi connectivity index (χ3v) is 2.68. The van der Waals surface area contributed by atoms with Gasteiger partial charge in [0, 0.05) is 5.56 Å². The number of fused-ring (bicyclic) bond motifs is 1. The van der Waals surface area contributed by atoms with Crippen LogP contribution >= 0.6 is 11.6 Å². The van der Waals surface area contributed by atoms with Crippen LogP contribution in [0.5, 0.6) is 5.75 Å². The number of alkyl halides is 3. The third-order valence-electron chi connectivity index (χ3n) is 2.36. The molecule has 2 rings (SSSR count). The van der Waals surface area contributed by atoms with Crippen LogP contribution < -0.4 is 10.1 Å². The molecule has 102 valence electrons. The molecule has 1 aliphatic heterocycles. The summed E-state index contributed by atoms with van der Waals surface area (Å²) in [5.41, 5.74) is -0.0568. The van der Waals surface area contributed by atoms with Crippen molar-refractivity contribution in [1.82, 2.24) is 0 Å². The van der Waals surface area contributed by atoms with Crippen LogP contribution in [0, 0.1) is 0 Å². The minimum Gasteiger partial charge on any atom is -0.482 e. The van der Waals surface area contributed by atoms with Crippen molar-refractivity contribution in [3.8, 4) is 5.75 Å². The van der Waals surface area contributed by atoms with Crippen LogP contribution in [0.3, 0.4) is 0 Å². The number of halogens is 4. The van der Waals surface area contributed by atoms with Gasteiger partial charge in [0.05, 0.1) is 10.7 Å². The van der Waals surface area contributed by atoms with E-state index in [0.29, 0.717) is 0 Å². The summed E-state index contributed by atoms with van der Waals surface area (Å²) >= 11 is 5.74. The summed E-state index contributed by atoms with van der Waals surface area (Å²) in [5.74, 6) is -1.44. The summed E-state index contributed by atoms with van der Waals surface area (Å²) in [6, 6.07) is 2.29. The Kier molecular flexibility index (Phi) is 3.40. The molecule has 0 aromatic heterocycles. The Morgan fingerprint density at radius 1 is 1.42 bits per heavy atom. The molecule has 19 heavy (non-hydrogen) atoms. The fourth-order valence-corrected chi connectivity index (χ4v) is 1.86. The molecule has 0 saturated heterocycles. The van der Waals surface area contributed by atoms with E-state index in [1.54, 1.807) is 0 Å². The molecule has 0 bridgehead atoms. The molecule has 0 spiro atoms. The number of ether oxygens (including phenoxy) is 1. The third kappa shape index (κ3) is 3.17. The fraction of sp³-hybridized carbons (Fsp3) is 0.273. The van der Waals surface area contributed by atoms with Gasteiger partial charge in [0.15, 0.2) is 12.4 Å². The molecule has 0 radical (unpaired) electrons. The standard InChI is InChI=1S/C11H7ClF3NO3/c12-6-2-7-9(19-4-10(18)16-7)1-5(6)8(17)3-11(13,14)15/h1-2H,3-4H2,(H,16,18). The monoisotopic (exact) mass is 293 g/mol. The van der Waals surface area contributed by atoms with Crippen molar-refractivity contribution in [2.45, 2.75) is 12.6 Å². The lowest BCUT2D eigenvalue weighted by Crippen LogP contribution is -2.25. The van der Waals surface area contributed by atoms with Crippen molar-refractivity contribution in [2.24, 2.45) is 0 Å². The fourth-order valence-electron chi connectivity index (χ4n) is 1.59. The predicted molar refractivity (Wildman–Crippen MR) is 60.6 cm³/mol. The lowest BCUT2D eigenvalue weighted by atomic mass is 10.1. The van der Waals surface area contributed by atoms with Crippen LogP contribution in [0.15, 0.2) is 12.1 Å². The van der Waals surface area contributed by atoms with Gasteiger partial charge in [-0.2, -0.15) is 13.2 Å². The normalized spacial score (nSPS) is 14.4. The van der Waals surface area contributed by atoms with E-state index in [4.69, 9.17) is 16.3 Å². The second-order valence-corrected chi connectivity index (χ2v) is 4.29. The number of hydrogen-bond donors (Lipinski definition) is 1. The number of amides is 1. The van der Waals surface area contributed by atoms with Gasteiger partial charge in [0.1, 0.15) is 12.2 Å². The first-order chi connectivity index (χ1) is 8.76. The van der Waals surface area contributed by atoms with Gasteiger partial charge in [0.2, 0.25) is 0 Å². The summed E-state index contributed by atoms with van der Waals surface area (Å²) in [4.78, 5) is 22.5. The maximum absolute atomic E-state index is 12.2. The maximum Gasteiger partial charge on any atom is 0.396 e. The van der Waals surface area contributed by atoms with Crippen molar-refractivity contribution in [1.29, 1.82) is 0 Å². The lowest BCUT2D eigenvalue weighted by Gasteiger charge is -2.19. The molecular weight excluding hydrogens is 287 g/mol. The second-order valence-electron chi connectivity index (χ2n) is 3.88. The highest BCUT2D eigenvalue weighted by molar-refractivity contribution is 6.34. The average molecular weight is 294 g/mol. The Hall–Kier alpha value is -1.76. The van der Waals surface area contributed by atoms with E-state index in [9.17, 15) is 22.8 Å². The minimum absolute atomic E-state index is 0.120. The maximum atomic E-state index is 12.2. The van der Waals surface area contributed by atoms with Crippen molar-refractivity contribution < 1.29 is 27.5 Å². The Morgan fingerprint density at radius 2 is 2.11 bits per heavy atom. The van der Waals surface area contributed by atoms with E-state index in [0.717, 1.165) is 6.07 Å². The zero-order valence-corrected chi connectivity index (χ0v) is 10.1. The van der Waals surface area contributed by atoms with Crippen LogP contribution in [-0.2, 0) is 4.79 Å². The molecule has 8 heteroatoms. The van der Waals surface area contributed by atoms with Crippen molar-refractivity contribution >= 4 is 29.0 Å². The van der Waals surface area contributed by atoms with Gasteiger partial charge >= 0.3 is 6.18 Å². The SMILES string of the molecule is O=C1COc2cc(C(=O)CC(F)(F)F)c(Cl)cc2N1. The number of Topliss-reactive ketones (excluding diaryl/α,β-unsaturated/α-hetero) is 1. The van der Waals surface area contributed by atoms with Crippen molar-refractivity contribution in [2.75, 3.05) is 11.9 Å². The summed E-state index contributed by atoms with van der Waals surface area (Å²) in [5, 5.41) is 2.27. The highest BCUT2D eigenvalue weighted by Gasteiger charge is 2.33. The molecule has 1 aromatic carbocycles. The minimum atomic E-state index is -4.61. The first-order valence-electron chi connectivity index (χ1n) is 5.12. The number of rotatable bonds is 2. The average Bonchev–Trinajstić information content (AvgIpc) is 2.25. The van der Waals surface area contributed by atoms with Crippen LogP contribution in [0.2, 0.25) is 5.02 Å². The molecule has 1 amide bonds. The summed E-state index contributed by atoms with van der Waals surface area (Å²) < 4.78 is 41.5. The molecule has 1 aliphatic rings. The van der Waals surface area contributed by atoms with Crippen molar-refractivity contribution in [3.05, 3.63) is 22.7 Å². The van der Waals surface area contributed by atoms with Crippen LogP contribution in [0.4, 0.5) is 18.9 Å². The number of carbonyl (C=O) groups is 2. The topological polar surface area (TPSA) is 55.4 Å². The van der Waals surface area contributed by atoms with Gasteiger partial charge in [-0.05, 0) is 12.1 Å². The summed E-state index contributed by atoms with van der Waals surface area (Å²) in [6.45, 7) is -0.262. The Bertz CT molecular complexity index is 557. The molecule has 1 aromatic rings. The summed E-state index contributed by atoms with van der Waals surface area (Å²) in [6.07, 6.45) is -6.21. The first kappa shape index (κ1) is 13.7. The van der Waals surface area contributed by atoms with E-state index in [1.165, 1.54) is 6.07 Å². The lowest BCUT2D eigenvalue weighted by molar-refractivity contribution is -0.125.